The van der Waals surface area contributed by atoms with Crippen LogP contribution < -0.4 is 11.1 Å². The maximum Gasteiger partial charge on any atom is 0.306 e. The van der Waals surface area contributed by atoms with E-state index in [4.69, 9.17) is 5.73 Å². The van der Waals surface area contributed by atoms with E-state index in [1.165, 1.54) is 32.2 Å². The molecule has 7 N–H and O–H groups in total. The molecule has 4 unspecified atom stereocenters. The molecule has 0 aliphatic heterocycles. The minimum Gasteiger partial charge on any atom is -0.508 e. The number of ketones is 2. The molecule has 4 atom stereocenters. The highest BCUT2D eigenvalue weighted by molar-refractivity contribution is 6.24. The lowest BCUT2D eigenvalue weighted by molar-refractivity contribution is -0.153. The second-order valence-electron chi connectivity index (χ2n) is 10.1. The number of Topliss-reactive ketones (excluding diaryl/α,β-unsaturated/α-hetero) is 2. The Balaban J connectivity index is 1.79. The van der Waals surface area contributed by atoms with Crippen LogP contribution in [0.2, 0.25) is 0 Å². The average molecular weight is 544 g/mol. The zero-order valence-corrected chi connectivity index (χ0v) is 21.5. The number of nitrogens with two attached hydrogens (primary N) is 1. The van der Waals surface area contributed by atoms with E-state index in [0.29, 0.717) is 5.56 Å². The van der Waals surface area contributed by atoms with E-state index in [-0.39, 0.29) is 42.5 Å². The Labute approximate surface area is 222 Å². The number of primary amides is 1. The van der Waals surface area contributed by atoms with Gasteiger partial charge in [-0.05, 0) is 44.5 Å². The molecular formula is C26H29N3O10. The third-order valence-electron chi connectivity index (χ3n) is 7.65. The van der Waals surface area contributed by atoms with Gasteiger partial charge in [0.1, 0.15) is 22.8 Å². The maximum absolute atomic E-state index is 13.8. The molecule has 0 aromatic heterocycles. The topological polar surface area (TPSA) is 217 Å². The van der Waals surface area contributed by atoms with Crippen LogP contribution in [0.25, 0.3) is 5.76 Å². The summed E-state index contributed by atoms with van der Waals surface area (Å²) >= 11 is 0. The van der Waals surface area contributed by atoms with E-state index in [1.807, 2.05) is 0 Å². The number of likely N-dealkylation sites (N-methyl/N-ethyl adjacent to an activating group) is 1. The Kier molecular flexibility index (Phi) is 7.00. The highest BCUT2D eigenvalue weighted by atomic mass is 16.5. The van der Waals surface area contributed by atoms with Crippen molar-refractivity contribution in [3.63, 3.8) is 0 Å². The van der Waals surface area contributed by atoms with Gasteiger partial charge in [-0.1, -0.05) is 6.07 Å². The van der Waals surface area contributed by atoms with Crippen LogP contribution in [-0.4, -0.2) is 87.5 Å². The summed E-state index contributed by atoms with van der Waals surface area (Å²) in [4.78, 5) is 63.9. The van der Waals surface area contributed by atoms with E-state index in [2.05, 4.69) is 10.1 Å². The zero-order chi connectivity index (χ0) is 29.0. The third kappa shape index (κ3) is 4.23. The largest absolute Gasteiger partial charge is 0.508 e. The second kappa shape index (κ2) is 9.82. The van der Waals surface area contributed by atoms with Crippen LogP contribution in [0.4, 0.5) is 5.69 Å². The van der Waals surface area contributed by atoms with Crippen molar-refractivity contribution in [2.75, 3.05) is 26.5 Å². The normalized spacial score (nSPS) is 26.1. The number of ether oxygens (including phenoxy) is 1. The molecule has 1 aromatic rings. The number of amides is 2. The summed E-state index contributed by atoms with van der Waals surface area (Å²) in [6, 6.07) is 1.78. The summed E-state index contributed by atoms with van der Waals surface area (Å²) in [5.74, 6) is -8.75. The number of nitrogens with one attached hydrogen (secondary N) is 1. The lowest BCUT2D eigenvalue weighted by Crippen LogP contribution is -2.65. The molecule has 0 saturated heterocycles. The first-order valence-corrected chi connectivity index (χ1v) is 12.1. The predicted molar refractivity (Wildman–Crippen MR) is 134 cm³/mol. The summed E-state index contributed by atoms with van der Waals surface area (Å²) in [6.45, 7) is 0. The molecule has 0 radical (unpaired) electrons. The Morgan fingerprint density at radius 1 is 1.15 bits per heavy atom. The lowest BCUT2D eigenvalue weighted by atomic mass is 9.57. The summed E-state index contributed by atoms with van der Waals surface area (Å²) in [6.07, 6.45) is -0.331. The van der Waals surface area contributed by atoms with E-state index in [0.717, 1.165) is 0 Å². The predicted octanol–water partition coefficient (Wildman–Crippen LogP) is -0.144. The van der Waals surface area contributed by atoms with Crippen molar-refractivity contribution in [3.8, 4) is 5.75 Å². The quantitative estimate of drug-likeness (QED) is 0.158. The van der Waals surface area contributed by atoms with E-state index < -0.39 is 75.7 Å². The number of fused-ring (bicyclic) bond motifs is 3. The van der Waals surface area contributed by atoms with Crippen LogP contribution in [0.3, 0.4) is 0 Å². The molecule has 0 spiro atoms. The van der Waals surface area contributed by atoms with E-state index in [9.17, 15) is 44.4 Å². The minimum atomic E-state index is -2.74. The van der Waals surface area contributed by atoms with Gasteiger partial charge in [-0.2, -0.15) is 0 Å². The highest BCUT2D eigenvalue weighted by Crippen LogP contribution is 2.53. The molecule has 39 heavy (non-hydrogen) atoms. The molecule has 1 fully saturated rings. The van der Waals surface area contributed by atoms with Crippen molar-refractivity contribution >= 4 is 40.8 Å². The number of carbonyl (C=O) groups is 5. The molecule has 0 bridgehead atoms. The van der Waals surface area contributed by atoms with Gasteiger partial charge in [-0.3, -0.25) is 28.9 Å². The molecule has 2 amide bonds. The number of hydrogen-bond donors (Lipinski definition) is 6. The number of aliphatic hydroxyl groups is 3. The number of anilines is 1. The van der Waals surface area contributed by atoms with Crippen LogP contribution in [0.15, 0.2) is 29.0 Å². The first-order valence-electron chi connectivity index (χ1n) is 12.1. The van der Waals surface area contributed by atoms with Crippen molar-refractivity contribution in [2.24, 2.45) is 17.6 Å². The molecule has 3 aliphatic rings. The second-order valence-corrected chi connectivity index (χ2v) is 10.1. The number of carbonyl (C=O) groups excluding carboxylic acids is 5. The van der Waals surface area contributed by atoms with Gasteiger partial charge in [-0.25, -0.2) is 0 Å². The molecule has 1 saturated carbocycles. The number of aromatic hydroxyl groups is 1. The Morgan fingerprint density at radius 2 is 1.82 bits per heavy atom. The van der Waals surface area contributed by atoms with Gasteiger partial charge in [0, 0.05) is 17.9 Å². The van der Waals surface area contributed by atoms with Gasteiger partial charge in [-0.15, -0.1) is 0 Å². The molecule has 208 valence electrons. The van der Waals surface area contributed by atoms with Crippen molar-refractivity contribution < 1.29 is 49.1 Å². The molecule has 13 heteroatoms. The van der Waals surface area contributed by atoms with E-state index in [1.54, 1.807) is 6.07 Å². The number of methoxy groups -OCH3 is 1. The fourth-order valence-electron chi connectivity index (χ4n) is 5.85. The number of hydrogen-bond acceptors (Lipinski definition) is 11. The Bertz CT molecular complexity index is 1380. The number of phenolic OH excluding ortho intramolecular Hbond substituents is 1. The summed E-state index contributed by atoms with van der Waals surface area (Å²) in [5.41, 5.74) is 1.57. The number of nitrogens with zero attached hydrogens (tertiary/aromatic N) is 1. The molecule has 3 aliphatic carbocycles. The van der Waals surface area contributed by atoms with Crippen LogP contribution in [0.5, 0.6) is 5.75 Å². The van der Waals surface area contributed by atoms with Crippen LogP contribution in [0, 0.1) is 11.8 Å². The van der Waals surface area contributed by atoms with Gasteiger partial charge in [0.05, 0.1) is 30.8 Å². The zero-order valence-electron chi connectivity index (χ0n) is 21.5. The highest BCUT2D eigenvalue weighted by Gasteiger charge is 2.64. The van der Waals surface area contributed by atoms with Crippen LogP contribution in [0.1, 0.15) is 30.4 Å². The maximum atomic E-state index is 13.8. The fourth-order valence-corrected chi connectivity index (χ4v) is 5.85. The number of benzene rings is 1. The number of esters is 1. The standard InChI is InChI=1S/C26H29N3O10/c1-29(2)19-12-9-11-8-10-4-5-13(28-14(30)6-7-15(31)39-3)20(32)16(10)21(33)17(11)23(35)26(12,38)24(36)18(22(19)34)25(27)37/h4-5,11-12,19,32-33,36,38H,6-9H2,1-3H3,(H2,27,37)(H,28,30). The molecule has 1 aromatic carbocycles. The molecule has 0 heterocycles. The minimum absolute atomic E-state index is 0.0292. The molecule has 13 nitrogen and oxygen atoms in total. The summed E-state index contributed by atoms with van der Waals surface area (Å²) in [5, 5.41) is 47.0. The van der Waals surface area contributed by atoms with Crippen molar-refractivity contribution in [2.45, 2.75) is 37.3 Å². The summed E-state index contributed by atoms with van der Waals surface area (Å²) < 4.78 is 4.49. The Morgan fingerprint density at radius 3 is 2.41 bits per heavy atom. The van der Waals surface area contributed by atoms with Crippen molar-refractivity contribution in [1.82, 2.24) is 4.90 Å². The van der Waals surface area contributed by atoms with Gasteiger partial charge < -0.3 is 36.2 Å². The fraction of sp³-hybridized carbons (Fsp3) is 0.423. The molecular weight excluding hydrogens is 514 g/mol. The SMILES string of the molecule is COC(=O)CCC(=O)Nc1ccc2c(c1O)C(O)=C1C(=O)C3(O)C(O)=C(C(N)=O)C(=O)C(N(C)C)C3CC1C2. The average Bonchev–Trinajstić information content (AvgIpc) is 2.86. The summed E-state index contributed by atoms with van der Waals surface area (Å²) in [7, 11) is 4.22. The van der Waals surface area contributed by atoms with Gasteiger partial charge >= 0.3 is 5.97 Å². The van der Waals surface area contributed by atoms with Gasteiger partial charge in [0.25, 0.3) is 5.91 Å². The first kappa shape index (κ1) is 27.8. The van der Waals surface area contributed by atoms with Crippen molar-refractivity contribution in [1.29, 1.82) is 0 Å². The third-order valence-corrected chi connectivity index (χ3v) is 7.65. The smallest absolute Gasteiger partial charge is 0.306 e. The first-order chi connectivity index (χ1) is 18.2. The lowest BCUT2D eigenvalue weighted by Gasteiger charge is -2.50. The Hall–Kier alpha value is -4.23. The molecule has 4 rings (SSSR count). The number of rotatable bonds is 6. The monoisotopic (exact) mass is 543 g/mol. The van der Waals surface area contributed by atoms with Gasteiger partial charge in [0.2, 0.25) is 11.7 Å². The van der Waals surface area contributed by atoms with E-state index >= 15 is 0 Å². The van der Waals surface area contributed by atoms with Crippen molar-refractivity contribution in [3.05, 3.63) is 40.2 Å². The van der Waals surface area contributed by atoms with Crippen LogP contribution >= 0.6 is 0 Å². The number of phenols is 1. The van der Waals surface area contributed by atoms with Gasteiger partial charge in [0.15, 0.2) is 11.4 Å². The van der Waals surface area contributed by atoms with Crippen LogP contribution in [-0.2, 0) is 35.1 Å². The number of aliphatic hydroxyl groups excluding tert-OH is 2.